The highest BCUT2D eigenvalue weighted by molar-refractivity contribution is 6.31. The molecule has 0 radical (unpaired) electrons. The van der Waals surface area contributed by atoms with Crippen molar-refractivity contribution in [3.63, 3.8) is 0 Å². The van der Waals surface area contributed by atoms with Gasteiger partial charge in [0.15, 0.2) is 11.0 Å². The van der Waals surface area contributed by atoms with Crippen LogP contribution in [-0.4, -0.2) is 58.3 Å². The number of halogens is 3. The Hall–Kier alpha value is -2.30. The number of aromatic nitrogens is 1. The van der Waals surface area contributed by atoms with Gasteiger partial charge in [-0.25, -0.2) is 9.37 Å². The van der Waals surface area contributed by atoms with E-state index in [1.165, 1.54) is 12.3 Å². The van der Waals surface area contributed by atoms with Gasteiger partial charge in [-0.3, -0.25) is 14.9 Å². The summed E-state index contributed by atoms with van der Waals surface area (Å²) in [6.07, 6.45) is 4.60. The Morgan fingerprint density at radius 1 is 1.19 bits per heavy atom. The number of anilines is 1. The molecule has 4 N–H and O–H groups in total. The monoisotopic (exact) mass is 618 g/mol. The van der Waals surface area contributed by atoms with Gasteiger partial charge in [0.25, 0.3) is 0 Å². The molecular formula is C31H37Cl2FN4O4. The second-order valence-corrected chi connectivity index (χ2v) is 14.0. The highest BCUT2D eigenvalue weighted by Gasteiger charge is 2.73. The molecule has 1 aliphatic carbocycles. The Balaban J connectivity index is 1.49. The molecule has 4 aliphatic rings. The molecule has 1 aromatic carbocycles. The van der Waals surface area contributed by atoms with Gasteiger partial charge in [0.05, 0.1) is 30.9 Å². The molecule has 6 rings (SSSR count). The Morgan fingerprint density at radius 2 is 1.93 bits per heavy atom. The average molecular weight is 620 g/mol. The van der Waals surface area contributed by atoms with Gasteiger partial charge in [-0.15, -0.1) is 0 Å². The lowest BCUT2D eigenvalue weighted by molar-refractivity contribution is -0.126. The molecule has 2 aromatic rings. The Bertz CT molecular complexity index is 1400. The van der Waals surface area contributed by atoms with Crippen LogP contribution in [0, 0.1) is 11.2 Å². The number of ether oxygens (including phenoxy) is 1. The minimum Gasteiger partial charge on any atom is -0.391 e. The van der Waals surface area contributed by atoms with Crippen LogP contribution < -0.4 is 16.0 Å². The number of nitrogens with zero attached hydrogens (tertiary/aromatic N) is 1. The third-order valence-corrected chi connectivity index (χ3v) is 10.6. The number of hydrogen-bond acceptors (Lipinski definition) is 6. The molecule has 6 atom stereocenters. The van der Waals surface area contributed by atoms with E-state index in [2.05, 4.69) is 34.8 Å². The lowest BCUT2D eigenvalue weighted by Crippen LogP contribution is -2.61. The number of pyridine rings is 1. The van der Waals surface area contributed by atoms with Crippen LogP contribution in [-0.2, 0) is 19.7 Å². The summed E-state index contributed by atoms with van der Waals surface area (Å²) in [6.45, 7) is 6.35. The molecule has 42 heavy (non-hydrogen) atoms. The van der Waals surface area contributed by atoms with Crippen LogP contribution in [0.4, 0.5) is 10.1 Å². The first-order valence-electron chi connectivity index (χ1n) is 14.7. The van der Waals surface area contributed by atoms with E-state index in [-0.39, 0.29) is 46.7 Å². The van der Waals surface area contributed by atoms with E-state index >= 15 is 4.39 Å². The number of fused-ring (bicyclic) bond motifs is 3. The Morgan fingerprint density at radius 3 is 2.60 bits per heavy atom. The molecule has 226 valence electrons. The van der Waals surface area contributed by atoms with Crippen LogP contribution in [0.25, 0.3) is 0 Å². The number of nitrogens with one attached hydrogen (secondary N) is 3. The number of aliphatic hydroxyl groups excluding tert-OH is 1. The number of carbonyl (C=O) groups is 2. The Labute approximate surface area is 255 Å². The highest BCUT2D eigenvalue weighted by atomic mass is 35.5. The molecule has 2 amide bonds. The zero-order chi connectivity index (χ0) is 30.0. The standard InChI is InChI=1S/C31H37Cl2FN4O4/c1-16(39)22-7-5-18(15-42-22)36-27(40)25-23(19-8-13-35-26(33)24(19)34)31(30(38-25)11-9-29(2,3)10-12-30)20-6-4-17(32)14-21(20)37-28(31)41/h4,6,8,13-14,16,18,22-23,25,38-39H,5,7,9-12,15H2,1-3H3,(H,36,40)(H,37,41)/t16?,18-,22+,23+,25-,31?/m1/s1. The van der Waals surface area contributed by atoms with Crippen LogP contribution in [0.1, 0.15) is 76.3 Å². The van der Waals surface area contributed by atoms with Crippen molar-refractivity contribution < 1.29 is 23.8 Å². The van der Waals surface area contributed by atoms with E-state index in [0.29, 0.717) is 42.0 Å². The van der Waals surface area contributed by atoms with Crippen molar-refractivity contribution >= 4 is 40.7 Å². The molecule has 2 spiro atoms. The van der Waals surface area contributed by atoms with Crippen molar-refractivity contribution in [3.05, 3.63) is 57.6 Å². The summed E-state index contributed by atoms with van der Waals surface area (Å²) in [7, 11) is 0. The van der Waals surface area contributed by atoms with Gasteiger partial charge in [-0.05, 0) is 80.2 Å². The van der Waals surface area contributed by atoms with E-state index in [9.17, 15) is 14.7 Å². The lowest BCUT2D eigenvalue weighted by Gasteiger charge is -2.50. The molecule has 2 unspecified atom stereocenters. The molecule has 2 saturated heterocycles. The molecule has 0 bridgehead atoms. The van der Waals surface area contributed by atoms with Gasteiger partial charge in [-0.1, -0.05) is 43.1 Å². The summed E-state index contributed by atoms with van der Waals surface area (Å²) in [6, 6.07) is 5.56. The third kappa shape index (κ3) is 4.63. The summed E-state index contributed by atoms with van der Waals surface area (Å²) in [5, 5.41) is 19.9. The van der Waals surface area contributed by atoms with E-state index in [0.717, 1.165) is 12.8 Å². The van der Waals surface area contributed by atoms with Crippen molar-refractivity contribution in [2.45, 2.75) is 100 Å². The van der Waals surface area contributed by atoms with Crippen LogP contribution >= 0.6 is 23.2 Å². The van der Waals surface area contributed by atoms with E-state index in [1.807, 2.05) is 6.07 Å². The summed E-state index contributed by atoms with van der Waals surface area (Å²) in [4.78, 5) is 32.7. The molecule has 3 aliphatic heterocycles. The van der Waals surface area contributed by atoms with Gasteiger partial charge in [0.2, 0.25) is 11.8 Å². The largest absolute Gasteiger partial charge is 0.391 e. The number of benzene rings is 1. The molecular weight excluding hydrogens is 582 g/mol. The minimum atomic E-state index is -1.32. The first-order chi connectivity index (χ1) is 19.9. The first kappa shape index (κ1) is 29.8. The maximum absolute atomic E-state index is 16.0. The van der Waals surface area contributed by atoms with Gasteiger partial charge in [0, 0.05) is 28.4 Å². The number of rotatable bonds is 4. The number of carbonyl (C=O) groups excluding carboxylic acids is 2. The van der Waals surface area contributed by atoms with Crippen molar-refractivity contribution in [1.82, 2.24) is 15.6 Å². The summed E-state index contributed by atoms with van der Waals surface area (Å²) in [5.41, 5.74) is -0.699. The number of aliphatic hydroxyl groups is 1. The van der Waals surface area contributed by atoms with E-state index in [4.69, 9.17) is 27.9 Å². The first-order valence-corrected chi connectivity index (χ1v) is 15.4. The molecule has 1 aromatic heterocycles. The molecule has 3 fully saturated rings. The zero-order valence-electron chi connectivity index (χ0n) is 24.0. The number of amides is 2. The van der Waals surface area contributed by atoms with Gasteiger partial charge < -0.3 is 20.5 Å². The molecule has 11 heteroatoms. The minimum absolute atomic E-state index is 0.0485. The second-order valence-electron chi connectivity index (χ2n) is 13.2. The van der Waals surface area contributed by atoms with Crippen LogP contribution in [0.3, 0.4) is 0 Å². The summed E-state index contributed by atoms with van der Waals surface area (Å²) >= 11 is 12.6. The van der Waals surface area contributed by atoms with E-state index < -0.39 is 34.8 Å². The second kappa shape index (κ2) is 10.7. The normalized spacial score (nSPS) is 32.0. The topological polar surface area (TPSA) is 113 Å². The molecule has 1 saturated carbocycles. The van der Waals surface area contributed by atoms with Crippen molar-refractivity contribution in [2.75, 3.05) is 11.9 Å². The van der Waals surface area contributed by atoms with Gasteiger partial charge in [0.1, 0.15) is 5.41 Å². The maximum atomic E-state index is 16.0. The van der Waals surface area contributed by atoms with Gasteiger partial charge in [-0.2, -0.15) is 0 Å². The fraction of sp³-hybridized carbons (Fsp3) is 0.581. The summed E-state index contributed by atoms with van der Waals surface area (Å²) in [5.74, 6) is -2.31. The predicted octanol–water partition coefficient (Wildman–Crippen LogP) is 4.86. The summed E-state index contributed by atoms with van der Waals surface area (Å²) < 4.78 is 21.8. The quantitative estimate of drug-likeness (QED) is 0.364. The van der Waals surface area contributed by atoms with Crippen LogP contribution in [0.15, 0.2) is 30.5 Å². The predicted molar refractivity (Wildman–Crippen MR) is 158 cm³/mol. The third-order valence-electron chi connectivity index (χ3n) is 10.1. The van der Waals surface area contributed by atoms with Crippen LogP contribution in [0.2, 0.25) is 10.2 Å². The SMILES string of the molecule is CC(O)[C@@H]1CC[C@@H](NC(=O)[C@@H]2NC3(CCC(C)(C)CC3)C3(C(=O)Nc4cc(Cl)ccc43)[C@H]2c2ccnc(Cl)c2F)CO1. The van der Waals surface area contributed by atoms with Crippen LogP contribution in [0.5, 0.6) is 0 Å². The fourth-order valence-electron chi connectivity index (χ4n) is 7.88. The van der Waals surface area contributed by atoms with Crippen molar-refractivity contribution in [3.8, 4) is 0 Å². The van der Waals surface area contributed by atoms with E-state index in [1.54, 1.807) is 19.1 Å². The fourth-order valence-corrected chi connectivity index (χ4v) is 8.22. The smallest absolute Gasteiger partial charge is 0.238 e. The molecule has 4 heterocycles. The Kier molecular flexibility index (Phi) is 7.58. The maximum Gasteiger partial charge on any atom is 0.238 e. The highest BCUT2D eigenvalue weighted by Crippen LogP contribution is 2.64. The van der Waals surface area contributed by atoms with Crippen molar-refractivity contribution in [1.29, 1.82) is 0 Å². The van der Waals surface area contributed by atoms with Gasteiger partial charge >= 0.3 is 0 Å². The average Bonchev–Trinajstić information content (AvgIpc) is 3.40. The van der Waals surface area contributed by atoms with Crippen molar-refractivity contribution in [2.24, 2.45) is 5.41 Å². The molecule has 8 nitrogen and oxygen atoms in total. The zero-order valence-corrected chi connectivity index (χ0v) is 25.5. The lowest BCUT2D eigenvalue weighted by atomic mass is 9.53. The number of hydrogen-bond donors (Lipinski definition) is 4.